The van der Waals surface area contributed by atoms with Gasteiger partial charge in [0.15, 0.2) is 0 Å². The van der Waals surface area contributed by atoms with Gasteiger partial charge in [-0.15, -0.1) is 0 Å². The number of nitrogens with zero attached hydrogens (tertiary/aromatic N) is 3. The third-order valence-corrected chi connectivity index (χ3v) is 4.84. The van der Waals surface area contributed by atoms with E-state index in [1.807, 2.05) is 20.8 Å². The first-order valence-electron chi connectivity index (χ1n) is 7.03. The van der Waals surface area contributed by atoms with Gasteiger partial charge >= 0.3 is 6.18 Å². The minimum atomic E-state index is -4.34. The van der Waals surface area contributed by atoms with E-state index in [4.69, 9.17) is 0 Å². The first-order chi connectivity index (χ1) is 10.5. The highest BCUT2D eigenvalue weighted by molar-refractivity contribution is 7.84. The van der Waals surface area contributed by atoms with Gasteiger partial charge < -0.3 is 0 Å². The highest BCUT2D eigenvalue weighted by Crippen LogP contribution is 2.23. The number of pyridine rings is 1. The fourth-order valence-electron chi connectivity index (χ4n) is 1.92. The van der Waals surface area contributed by atoms with Gasteiger partial charge in [-0.1, -0.05) is 0 Å². The van der Waals surface area contributed by atoms with Crippen LogP contribution in [0, 0.1) is 0 Å². The molecule has 5 nitrogen and oxygen atoms in total. The van der Waals surface area contributed by atoms with Crippen LogP contribution in [0.2, 0.25) is 0 Å². The van der Waals surface area contributed by atoms with Gasteiger partial charge in [-0.2, -0.15) is 18.3 Å². The lowest BCUT2D eigenvalue weighted by Crippen LogP contribution is -2.35. The number of hydrogen-bond donors (Lipinski definition) is 1. The summed E-state index contributed by atoms with van der Waals surface area (Å²) >= 11 is 0. The molecule has 0 radical (unpaired) electrons. The molecule has 0 aromatic carbocycles. The van der Waals surface area contributed by atoms with Crippen LogP contribution < -0.4 is 4.72 Å². The van der Waals surface area contributed by atoms with Gasteiger partial charge in [0.2, 0.25) is 0 Å². The molecule has 0 fully saturated rings. The van der Waals surface area contributed by atoms with E-state index in [-0.39, 0.29) is 6.04 Å². The number of nitrogens with one attached hydrogen (secondary N) is 1. The Labute approximate surface area is 134 Å². The van der Waals surface area contributed by atoms with Crippen LogP contribution in [-0.2, 0) is 17.5 Å². The van der Waals surface area contributed by atoms with Gasteiger partial charge in [-0.05, 0) is 33.8 Å². The normalized spacial score (nSPS) is 15.8. The first-order valence-corrected chi connectivity index (χ1v) is 8.18. The maximum absolute atomic E-state index is 12.5. The lowest BCUT2D eigenvalue weighted by Gasteiger charge is -2.21. The summed E-state index contributed by atoms with van der Waals surface area (Å²) in [4.78, 5) is 4.18. The van der Waals surface area contributed by atoms with Crippen LogP contribution in [0.25, 0.3) is 10.9 Å². The maximum atomic E-state index is 12.5. The van der Waals surface area contributed by atoms with Crippen molar-refractivity contribution in [2.45, 2.75) is 51.2 Å². The Balaban J connectivity index is 2.23. The molecular formula is C14H19F3N4OS. The number of fused-ring (bicyclic) bond motifs is 1. The van der Waals surface area contributed by atoms with Gasteiger partial charge in [-0.3, -0.25) is 9.67 Å². The molecule has 0 saturated heterocycles. The molecule has 0 aliphatic rings. The van der Waals surface area contributed by atoms with Crippen molar-refractivity contribution < 1.29 is 17.4 Å². The molecule has 2 aromatic heterocycles. The number of hydrogen-bond acceptors (Lipinski definition) is 3. The summed E-state index contributed by atoms with van der Waals surface area (Å²) in [6.45, 7) is 6.19. The smallest absolute Gasteiger partial charge is 0.257 e. The van der Waals surface area contributed by atoms with E-state index in [1.165, 1.54) is 12.4 Å². The standard InChI is InChI=1S/C14H19F3N4OS/c1-9(20-23(22)13(2,3)4)11-5-10-6-19-21(8-14(15,16)17)12(10)7-18-11/h5-7,9,20H,8H2,1-4H3/t9-,23-/m1/s1. The summed E-state index contributed by atoms with van der Waals surface area (Å²) in [6, 6.07) is 1.36. The second kappa shape index (κ2) is 6.20. The van der Waals surface area contributed by atoms with Gasteiger partial charge in [0.05, 0.1) is 45.4 Å². The SMILES string of the molecule is C[C@@H](N[S@](=O)C(C)(C)C)c1cc2cnn(CC(F)(F)F)c2cn1. The van der Waals surface area contributed by atoms with Crippen molar-refractivity contribution in [3.8, 4) is 0 Å². The third-order valence-electron chi connectivity index (χ3n) is 3.16. The van der Waals surface area contributed by atoms with Gasteiger partial charge in [-0.25, -0.2) is 8.93 Å². The van der Waals surface area contributed by atoms with Crippen LogP contribution in [0.5, 0.6) is 0 Å². The maximum Gasteiger partial charge on any atom is 0.408 e. The van der Waals surface area contributed by atoms with Gasteiger partial charge in [0.1, 0.15) is 6.54 Å². The summed E-state index contributed by atoms with van der Waals surface area (Å²) in [5.74, 6) is 0. The average Bonchev–Trinajstić information content (AvgIpc) is 2.78. The Morgan fingerprint density at radius 1 is 1.30 bits per heavy atom. The Bertz CT molecular complexity index is 721. The van der Waals surface area contributed by atoms with Crippen molar-refractivity contribution in [3.63, 3.8) is 0 Å². The van der Waals surface area contributed by atoms with Crippen LogP contribution in [0.3, 0.4) is 0 Å². The fourth-order valence-corrected chi connectivity index (χ4v) is 2.72. The van der Waals surface area contributed by atoms with Gasteiger partial charge in [0, 0.05) is 5.39 Å². The van der Waals surface area contributed by atoms with Crippen molar-refractivity contribution >= 4 is 21.9 Å². The van der Waals surface area contributed by atoms with E-state index in [2.05, 4.69) is 14.8 Å². The lowest BCUT2D eigenvalue weighted by atomic mass is 10.2. The molecule has 0 aliphatic heterocycles. The van der Waals surface area contributed by atoms with Crippen LogP contribution in [0.15, 0.2) is 18.5 Å². The van der Waals surface area contributed by atoms with Gasteiger partial charge in [0.25, 0.3) is 0 Å². The molecule has 2 atom stereocenters. The van der Waals surface area contributed by atoms with E-state index in [0.717, 1.165) is 4.68 Å². The van der Waals surface area contributed by atoms with E-state index >= 15 is 0 Å². The zero-order chi connectivity index (χ0) is 17.4. The predicted octanol–water partition coefficient (Wildman–Crippen LogP) is 3.11. The quantitative estimate of drug-likeness (QED) is 0.924. The molecule has 0 bridgehead atoms. The molecule has 9 heteroatoms. The van der Waals surface area contributed by atoms with Crippen molar-refractivity contribution in [1.82, 2.24) is 19.5 Å². The molecular weight excluding hydrogens is 329 g/mol. The summed E-state index contributed by atoms with van der Waals surface area (Å²) in [5.41, 5.74) is 0.914. The number of aromatic nitrogens is 3. The monoisotopic (exact) mass is 348 g/mol. The Kier molecular flexibility index (Phi) is 4.81. The minimum absolute atomic E-state index is 0.301. The average molecular weight is 348 g/mol. The van der Waals surface area contributed by atoms with Crippen LogP contribution in [0.4, 0.5) is 13.2 Å². The summed E-state index contributed by atoms with van der Waals surface area (Å²) in [5, 5.41) is 4.32. The summed E-state index contributed by atoms with van der Waals surface area (Å²) < 4.78 is 53.0. The molecule has 0 saturated carbocycles. The van der Waals surface area contributed by atoms with Crippen molar-refractivity contribution in [2.75, 3.05) is 0 Å². The fraction of sp³-hybridized carbons (Fsp3) is 0.571. The van der Waals surface area contributed by atoms with E-state index in [9.17, 15) is 17.4 Å². The van der Waals surface area contributed by atoms with Crippen molar-refractivity contribution in [3.05, 3.63) is 24.2 Å². The van der Waals surface area contributed by atoms with E-state index < -0.39 is 28.5 Å². The Morgan fingerprint density at radius 3 is 2.52 bits per heavy atom. The first kappa shape index (κ1) is 17.9. The third kappa shape index (κ3) is 4.51. The Hall–Kier alpha value is -1.48. The van der Waals surface area contributed by atoms with Crippen LogP contribution in [0.1, 0.15) is 39.4 Å². The molecule has 23 heavy (non-hydrogen) atoms. The molecule has 1 N–H and O–H groups in total. The number of alkyl halides is 3. The molecule has 2 aromatic rings. The molecule has 0 unspecified atom stereocenters. The van der Waals surface area contributed by atoms with Crippen LogP contribution >= 0.6 is 0 Å². The largest absolute Gasteiger partial charge is 0.408 e. The molecule has 2 rings (SSSR count). The van der Waals surface area contributed by atoms with Crippen molar-refractivity contribution in [2.24, 2.45) is 0 Å². The Morgan fingerprint density at radius 2 is 1.96 bits per heavy atom. The number of halogens is 3. The molecule has 128 valence electrons. The zero-order valence-corrected chi connectivity index (χ0v) is 14.1. The highest BCUT2D eigenvalue weighted by Gasteiger charge is 2.29. The molecule has 2 heterocycles. The van der Waals surface area contributed by atoms with E-state index in [1.54, 1.807) is 13.0 Å². The van der Waals surface area contributed by atoms with Crippen LogP contribution in [-0.4, -0.2) is 29.9 Å². The predicted molar refractivity (Wildman–Crippen MR) is 83.0 cm³/mol. The van der Waals surface area contributed by atoms with Crippen molar-refractivity contribution in [1.29, 1.82) is 0 Å². The second-order valence-electron chi connectivity index (χ2n) is 6.31. The second-order valence-corrected chi connectivity index (χ2v) is 8.30. The molecule has 0 amide bonds. The zero-order valence-electron chi connectivity index (χ0n) is 13.3. The molecule has 0 spiro atoms. The number of rotatable bonds is 4. The lowest BCUT2D eigenvalue weighted by molar-refractivity contribution is -0.141. The summed E-state index contributed by atoms with van der Waals surface area (Å²) in [7, 11) is -1.27. The van der Waals surface area contributed by atoms with E-state index in [0.29, 0.717) is 16.6 Å². The molecule has 0 aliphatic carbocycles. The minimum Gasteiger partial charge on any atom is -0.257 e. The summed E-state index contributed by atoms with van der Waals surface area (Å²) in [6.07, 6.45) is -1.60. The highest BCUT2D eigenvalue weighted by atomic mass is 32.2. The topological polar surface area (TPSA) is 59.8 Å².